The number of nitrogens with one attached hydrogen (secondary N) is 3. The Balaban J connectivity index is 1.62. The summed E-state index contributed by atoms with van der Waals surface area (Å²) in [6.07, 6.45) is 4.33. The van der Waals surface area contributed by atoms with Gasteiger partial charge in [-0.2, -0.15) is 15.4 Å². The Hall–Kier alpha value is -1.43. The van der Waals surface area contributed by atoms with E-state index in [4.69, 9.17) is 0 Å². The van der Waals surface area contributed by atoms with Crippen molar-refractivity contribution in [2.75, 3.05) is 0 Å². The molecule has 6 nitrogen and oxygen atoms in total. The Morgan fingerprint density at radius 2 is 1.77 bits per heavy atom. The first-order valence-electron chi connectivity index (χ1n) is 8.22. The summed E-state index contributed by atoms with van der Waals surface area (Å²) >= 11 is 0. The van der Waals surface area contributed by atoms with Crippen LogP contribution in [0.15, 0.2) is 0 Å². The number of H-pyrrole nitrogens is 1. The smallest absolute Gasteiger partial charge is 0.223 e. The molecule has 2 aliphatic rings. The van der Waals surface area contributed by atoms with Gasteiger partial charge in [-0.25, -0.2) is 0 Å². The van der Waals surface area contributed by atoms with E-state index in [9.17, 15) is 4.79 Å². The number of rotatable bonds is 2. The molecule has 2 heterocycles. The van der Waals surface area contributed by atoms with Gasteiger partial charge in [-0.05, 0) is 53.4 Å². The zero-order chi connectivity index (χ0) is 16.0. The number of hydrogen-bond acceptors (Lipinski definition) is 4. The summed E-state index contributed by atoms with van der Waals surface area (Å²) in [5.74, 6) is 0.200. The van der Waals surface area contributed by atoms with Crippen molar-refractivity contribution in [1.82, 2.24) is 26.0 Å². The number of aromatic amines is 1. The molecule has 122 valence electrons. The van der Waals surface area contributed by atoms with Gasteiger partial charge in [0.2, 0.25) is 5.91 Å². The van der Waals surface area contributed by atoms with Crippen LogP contribution in [-0.2, 0) is 17.6 Å². The van der Waals surface area contributed by atoms with Crippen molar-refractivity contribution in [1.29, 1.82) is 0 Å². The molecule has 3 N–H and O–H groups in total. The fraction of sp³-hybridized carbons (Fsp3) is 0.812. The molecule has 1 aliphatic heterocycles. The lowest BCUT2D eigenvalue weighted by molar-refractivity contribution is -0.126. The van der Waals surface area contributed by atoms with E-state index in [1.807, 2.05) is 0 Å². The molecule has 1 atom stereocenters. The summed E-state index contributed by atoms with van der Waals surface area (Å²) in [6, 6.07) is 0.234. The third-order valence-corrected chi connectivity index (χ3v) is 4.78. The second kappa shape index (κ2) is 5.33. The van der Waals surface area contributed by atoms with E-state index in [0.717, 1.165) is 37.1 Å². The monoisotopic (exact) mass is 305 g/mol. The van der Waals surface area contributed by atoms with Crippen molar-refractivity contribution < 1.29 is 4.79 Å². The van der Waals surface area contributed by atoms with Gasteiger partial charge in [-0.1, -0.05) is 0 Å². The van der Waals surface area contributed by atoms with E-state index in [1.54, 1.807) is 0 Å². The van der Waals surface area contributed by atoms with Crippen LogP contribution < -0.4 is 10.6 Å². The second-order valence-electron chi connectivity index (χ2n) is 8.16. The summed E-state index contributed by atoms with van der Waals surface area (Å²) in [5, 5.41) is 17.9. The highest BCUT2D eigenvalue weighted by Crippen LogP contribution is 2.29. The first-order valence-corrected chi connectivity index (χ1v) is 8.22. The number of piperidine rings is 1. The predicted octanol–water partition coefficient (Wildman–Crippen LogP) is 1.33. The van der Waals surface area contributed by atoms with Gasteiger partial charge in [0.25, 0.3) is 0 Å². The minimum absolute atomic E-state index is 0.0266. The van der Waals surface area contributed by atoms with Gasteiger partial charge in [0.15, 0.2) is 0 Å². The number of amides is 1. The lowest BCUT2D eigenvalue weighted by atomic mass is 9.79. The second-order valence-corrected chi connectivity index (χ2v) is 8.16. The maximum absolute atomic E-state index is 12.6. The predicted molar refractivity (Wildman–Crippen MR) is 84.4 cm³/mol. The molecule has 0 spiro atoms. The van der Waals surface area contributed by atoms with E-state index in [1.165, 1.54) is 0 Å². The van der Waals surface area contributed by atoms with Crippen LogP contribution in [0.1, 0.15) is 58.3 Å². The molecule has 6 heteroatoms. The van der Waals surface area contributed by atoms with Crippen LogP contribution in [0.4, 0.5) is 0 Å². The van der Waals surface area contributed by atoms with E-state index in [0.29, 0.717) is 6.42 Å². The van der Waals surface area contributed by atoms with Crippen molar-refractivity contribution >= 4 is 5.91 Å². The maximum Gasteiger partial charge on any atom is 0.223 e. The Morgan fingerprint density at radius 1 is 1.14 bits per heavy atom. The molecule has 0 saturated carbocycles. The zero-order valence-electron chi connectivity index (χ0n) is 14.0. The van der Waals surface area contributed by atoms with Gasteiger partial charge in [0.05, 0.1) is 11.4 Å². The highest BCUT2D eigenvalue weighted by molar-refractivity contribution is 5.79. The molecule has 1 fully saturated rings. The van der Waals surface area contributed by atoms with Crippen molar-refractivity contribution in [2.24, 2.45) is 5.92 Å². The standard InChI is InChI=1S/C16H27N5O/c1-15(2)8-11(9-16(3,4)20-15)17-14(22)10-5-6-12-13(7-10)19-21-18-12/h10-11,20H,5-9H2,1-4H3,(H,17,22)(H,18,19,21). The third kappa shape index (κ3) is 3.32. The van der Waals surface area contributed by atoms with Crippen molar-refractivity contribution in [2.45, 2.75) is 76.9 Å². The van der Waals surface area contributed by atoms with Gasteiger partial charge < -0.3 is 10.6 Å². The molecule has 0 aromatic carbocycles. The van der Waals surface area contributed by atoms with E-state index in [-0.39, 0.29) is 28.9 Å². The Morgan fingerprint density at radius 3 is 2.45 bits per heavy atom. The molecular formula is C16H27N5O. The van der Waals surface area contributed by atoms with Crippen molar-refractivity contribution in [3.05, 3.63) is 11.4 Å². The van der Waals surface area contributed by atoms with E-state index >= 15 is 0 Å². The van der Waals surface area contributed by atoms with Gasteiger partial charge >= 0.3 is 0 Å². The minimum atomic E-state index is 0.0266. The lowest BCUT2D eigenvalue weighted by Gasteiger charge is -2.46. The highest BCUT2D eigenvalue weighted by Gasteiger charge is 2.39. The zero-order valence-corrected chi connectivity index (χ0v) is 14.0. The Bertz CT molecular complexity index is 547. The number of carbonyl (C=O) groups is 1. The average Bonchev–Trinajstić information content (AvgIpc) is 2.81. The summed E-state index contributed by atoms with van der Waals surface area (Å²) in [7, 11) is 0. The number of fused-ring (bicyclic) bond motifs is 1. The third-order valence-electron chi connectivity index (χ3n) is 4.78. The molecule has 1 aliphatic carbocycles. The normalized spacial score (nSPS) is 27.2. The first-order chi connectivity index (χ1) is 10.2. The molecule has 0 radical (unpaired) electrons. The average molecular weight is 305 g/mol. The van der Waals surface area contributed by atoms with Crippen LogP contribution in [0.2, 0.25) is 0 Å². The molecule has 1 aromatic heterocycles. The molecule has 0 bridgehead atoms. The van der Waals surface area contributed by atoms with Crippen molar-refractivity contribution in [3.63, 3.8) is 0 Å². The van der Waals surface area contributed by atoms with Crippen molar-refractivity contribution in [3.8, 4) is 0 Å². The molecule has 1 amide bonds. The molecule has 22 heavy (non-hydrogen) atoms. The number of aryl methyl sites for hydroxylation is 1. The maximum atomic E-state index is 12.6. The van der Waals surface area contributed by atoms with Crippen LogP contribution in [-0.4, -0.2) is 38.4 Å². The first kappa shape index (κ1) is 15.5. The highest BCUT2D eigenvalue weighted by atomic mass is 16.1. The van der Waals surface area contributed by atoms with Crippen LogP contribution in [0.5, 0.6) is 0 Å². The molecule has 1 aromatic rings. The van der Waals surface area contributed by atoms with Gasteiger partial charge in [0, 0.05) is 29.5 Å². The summed E-state index contributed by atoms with van der Waals surface area (Å²) in [5.41, 5.74) is 2.07. The fourth-order valence-corrected chi connectivity index (χ4v) is 4.25. The number of carbonyl (C=O) groups excluding carboxylic acids is 1. The molecule has 1 unspecified atom stereocenters. The van der Waals surface area contributed by atoms with Crippen LogP contribution in [0, 0.1) is 5.92 Å². The molecule has 3 rings (SSSR count). The molecular weight excluding hydrogens is 278 g/mol. The Kier molecular flexibility index (Phi) is 3.75. The number of nitrogens with zero attached hydrogens (tertiary/aromatic N) is 2. The number of hydrogen-bond donors (Lipinski definition) is 3. The van der Waals surface area contributed by atoms with Gasteiger partial charge in [-0.15, -0.1) is 0 Å². The lowest BCUT2D eigenvalue weighted by Crippen LogP contribution is -2.62. The summed E-state index contributed by atoms with van der Waals surface area (Å²) < 4.78 is 0. The summed E-state index contributed by atoms with van der Waals surface area (Å²) in [6.45, 7) is 8.81. The Labute approximate surface area is 131 Å². The quantitative estimate of drug-likeness (QED) is 0.770. The van der Waals surface area contributed by atoms with Gasteiger partial charge in [0.1, 0.15) is 0 Å². The van der Waals surface area contributed by atoms with Crippen LogP contribution >= 0.6 is 0 Å². The minimum Gasteiger partial charge on any atom is -0.353 e. The summed E-state index contributed by atoms with van der Waals surface area (Å²) in [4.78, 5) is 12.6. The molecule has 1 saturated heterocycles. The fourth-order valence-electron chi connectivity index (χ4n) is 4.25. The van der Waals surface area contributed by atoms with E-state index in [2.05, 4.69) is 53.7 Å². The number of aromatic nitrogens is 3. The largest absolute Gasteiger partial charge is 0.353 e. The van der Waals surface area contributed by atoms with Crippen LogP contribution in [0.3, 0.4) is 0 Å². The van der Waals surface area contributed by atoms with Crippen LogP contribution in [0.25, 0.3) is 0 Å². The van der Waals surface area contributed by atoms with E-state index < -0.39 is 0 Å². The van der Waals surface area contributed by atoms with Gasteiger partial charge in [-0.3, -0.25) is 4.79 Å². The topological polar surface area (TPSA) is 82.7 Å². The SMILES string of the molecule is CC1(C)CC(NC(=O)C2CCc3n[nH]nc3C2)CC(C)(C)N1.